The van der Waals surface area contributed by atoms with E-state index in [-0.39, 0.29) is 11.1 Å². The van der Waals surface area contributed by atoms with Crippen LogP contribution in [0.15, 0.2) is 12.3 Å². The molecule has 1 aromatic rings. The highest BCUT2D eigenvalue weighted by Gasteiger charge is 2.16. The number of nitrogens with zero attached hydrogens (tertiary/aromatic N) is 1. The molecule has 98 valence electrons. The highest BCUT2D eigenvalue weighted by atomic mass is 35.5. The van der Waals surface area contributed by atoms with E-state index in [1.54, 1.807) is 0 Å². The maximum atomic E-state index is 12.0. The summed E-state index contributed by atoms with van der Waals surface area (Å²) < 4.78 is 0. The lowest BCUT2D eigenvalue weighted by Gasteiger charge is -2.21. The van der Waals surface area contributed by atoms with E-state index in [0.29, 0.717) is 22.4 Å². The molecule has 1 amide bonds. The standard InChI is InChI=1S/C12H14Cl2N2OS/c13-10-7-15-11(14)5-9(10)12(17)16-6-8-3-1-2-4-18-8/h5,7-8H,1-4,6H2,(H,16,17). The number of rotatable bonds is 3. The zero-order valence-corrected chi connectivity index (χ0v) is 12.1. The lowest BCUT2D eigenvalue weighted by atomic mass is 10.2. The van der Waals surface area contributed by atoms with Gasteiger partial charge in [-0.15, -0.1) is 0 Å². The maximum Gasteiger partial charge on any atom is 0.253 e. The van der Waals surface area contributed by atoms with Crippen LogP contribution in [-0.2, 0) is 0 Å². The highest BCUT2D eigenvalue weighted by molar-refractivity contribution is 7.99. The van der Waals surface area contributed by atoms with E-state index in [4.69, 9.17) is 23.2 Å². The Morgan fingerprint density at radius 1 is 1.50 bits per heavy atom. The van der Waals surface area contributed by atoms with E-state index >= 15 is 0 Å². The summed E-state index contributed by atoms with van der Waals surface area (Å²) in [5, 5.41) is 4.02. The SMILES string of the molecule is O=C(NCC1CCCCS1)c1cc(Cl)ncc1Cl. The average molecular weight is 305 g/mol. The first-order valence-corrected chi connectivity index (χ1v) is 7.68. The van der Waals surface area contributed by atoms with E-state index in [0.717, 1.165) is 6.42 Å². The van der Waals surface area contributed by atoms with Crippen molar-refractivity contribution in [1.82, 2.24) is 10.3 Å². The van der Waals surface area contributed by atoms with Crippen LogP contribution in [-0.4, -0.2) is 28.4 Å². The summed E-state index contributed by atoms with van der Waals surface area (Å²) in [7, 11) is 0. The first-order valence-electron chi connectivity index (χ1n) is 5.87. The van der Waals surface area contributed by atoms with Gasteiger partial charge >= 0.3 is 0 Å². The molecule has 1 saturated heterocycles. The van der Waals surface area contributed by atoms with Gasteiger partial charge in [-0.1, -0.05) is 29.6 Å². The number of hydrogen-bond donors (Lipinski definition) is 1. The first-order chi connectivity index (χ1) is 8.66. The molecule has 0 radical (unpaired) electrons. The summed E-state index contributed by atoms with van der Waals surface area (Å²) in [6.07, 6.45) is 5.08. The van der Waals surface area contributed by atoms with Gasteiger partial charge in [0.25, 0.3) is 5.91 Å². The van der Waals surface area contributed by atoms with Gasteiger partial charge in [-0.3, -0.25) is 4.79 Å². The van der Waals surface area contributed by atoms with Crippen LogP contribution in [0.5, 0.6) is 0 Å². The molecule has 1 aliphatic rings. The molecule has 1 N–H and O–H groups in total. The van der Waals surface area contributed by atoms with E-state index < -0.39 is 0 Å². The van der Waals surface area contributed by atoms with Gasteiger partial charge in [-0.25, -0.2) is 4.98 Å². The fourth-order valence-electron chi connectivity index (χ4n) is 1.86. The number of carbonyl (C=O) groups is 1. The predicted molar refractivity (Wildman–Crippen MR) is 76.7 cm³/mol. The second kappa shape index (κ2) is 6.64. The van der Waals surface area contributed by atoms with Crippen LogP contribution >= 0.6 is 35.0 Å². The molecule has 0 aromatic carbocycles. The third-order valence-corrected chi connectivity index (χ3v) is 4.74. The number of pyridine rings is 1. The van der Waals surface area contributed by atoms with Gasteiger partial charge in [0.2, 0.25) is 0 Å². The van der Waals surface area contributed by atoms with Crippen molar-refractivity contribution < 1.29 is 4.79 Å². The van der Waals surface area contributed by atoms with Crippen LogP contribution in [0, 0.1) is 0 Å². The molecule has 1 unspecified atom stereocenters. The van der Waals surface area contributed by atoms with Gasteiger partial charge < -0.3 is 5.32 Å². The van der Waals surface area contributed by atoms with Crippen LogP contribution in [0.2, 0.25) is 10.2 Å². The van der Waals surface area contributed by atoms with E-state index in [1.165, 1.54) is 30.9 Å². The first kappa shape index (κ1) is 14.0. The Kier molecular flexibility index (Phi) is 5.15. The lowest BCUT2D eigenvalue weighted by Crippen LogP contribution is -2.32. The van der Waals surface area contributed by atoms with Crippen molar-refractivity contribution >= 4 is 40.9 Å². The summed E-state index contributed by atoms with van der Waals surface area (Å²) in [5.41, 5.74) is 0.387. The molecule has 2 heterocycles. The Labute approximate surface area is 121 Å². The molecule has 0 saturated carbocycles. The Morgan fingerprint density at radius 3 is 3.06 bits per heavy atom. The number of nitrogens with one attached hydrogen (secondary N) is 1. The van der Waals surface area contributed by atoms with Gasteiger partial charge in [0, 0.05) is 18.0 Å². The van der Waals surface area contributed by atoms with Crippen molar-refractivity contribution in [3.63, 3.8) is 0 Å². The predicted octanol–water partition coefficient (Wildman–Crippen LogP) is 3.40. The van der Waals surface area contributed by atoms with Gasteiger partial charge in [0.1, 0.15) is 5.15 Å². The monoisotopic (exact) mass is 304 g/mol. The average Bonchev–Trinajstić information content (AvgIpc) is 2.40. The molecule has 0 spiro atoms. The molecular weight excluding hydrogens is 291 g/mol. The summed E-state index contributed by atoms with van der Waals surface area (Å²) >= 11 is 13.6. The third kappa shape index (κ3) is 3.77. The molecule has 2 rings (SSSR count). The van der Waals surface area contributed by atoms with Crippen LogP contribution < -0.4 is 5.32 Å². The molecule has 0 aliphatic carbocycles. The second-order valence-corrected chi connectivity index (χ2v) is 6.39. The fraction of sp³-hybridized carbons (Fsp3) is 0.500. The van der Waals surface area contributed by atoms with Crippen molar-refractivity contribution in [2.24, 2.45) is 0 Å². The number of halogens is 2. The minimum Gasteiger partial charge on any atom is -0.351 e. The van der Waals surface area contributed by atoms with Gasteiger partial charge in [-0.05, 0) is 24.7 Å². The van der Waals surface area contributed by atoms with Gasteiger partial charge in [0.05, 0.1) is 10.6 Å². The normalized spacial score (nSPS) is 19.6. The Balaban J connectivity index is 1.92. The maximum absolute atomic E-state index is 12.0. The molecule has 1 atom stereocenters. The Hall–Kier alpha value is -0.450. The van der Waals surface area contributed by atoms with Crippen molar-refractivity contribution in [3.8, 4) is 0 Å². The zero-order chi connectivity index (χ0) is 13.0. The summed E-state index contributed by atoms with van der Waals surface area (Å²) in [6.45, 7) is 0.680. The number of thioether (sulfide) groups is 1. The Morgan fingerprint density at radius 2 is 2.33 bits per heavy atom. The lowest BCUT2D eigenvalue weighted by molar-refractivity contribution is 0.0953. The third-order valence-electron chi connectivity index (χ3n) is 2.83. The van der Waals surface area contributed by atoms with Crippen molar-refractivity contribution in [2.45, 2.75) is 24.5 Å². The zero-order valence-electron chi connectivity index (χ0n) is 9.79. The number of carbonyl (C=O) groups excluding carboxylic acids is 1. The van der Waals surface area contributed by atoms with Gasteiger partial charge in [0.15, 0.2) is 0 Å². The summed E-state index contributed by atoms with van der Waals surface area (Å²) in [6, 6.07) is 1.49. The molecule has 1 fully saturated rings. The molecule has 18 heavy (non-hydrogen) atoms. The molecular formula is C12H14Cl2N2OS. The largest absolute Gasteiger partial charge is 0.351 e. The quantitative estimate of drug-likeness (QED) is 0.870. The van der Waals surface area contributed by atoms with Crippen molar-refractivity contribution in [1.29, 1.82) is 0 Å². The van der Waals surface area contributed by atoms with E-state index in [1.807, 2.05) is 11.8 Å². The van der Waals surface area contributed by atoms with Crippen LogP contribution in [0.3, 0.4) is 0 Å². The van der Waals surface area contributed by atoms with Crippen molar-refractivity contribution in [3.05, 3.63) is 28.0 Å². The molecule has 1 aliphatic heterocycles. The molecule has 6 heteroatoms. The molecule has 0 bridgehead atoms. The minimum absolute atomic E-state index is 0.185. The fourth-order valence-corrected chi connectivity index (χ4v) is 3.44. The topological polar surface area (TPSA) is 42.0 Å². The van der Waals surface area contributed by atoms with Crippen molar-refractivity contribution in [2.75, 3.05) is 12.3 Å². The number of hydrogen-bond acceptors (Lipinski definition) is 3. The molecule has 1 aromatic heterocycles. The number of aromatic nitrogens is 1. The second-order valence-electron chi connectivity index (χ2n) is 4.19. The highest BCUT2D eigenvalue weighted by Crippen LogP contribution is 2.24. The van der Waals surface area contributed by atoms with Crippen LogP contribution in [0.1, 0.15) is 29.6 Å². The van der Waals surface area contributed by atoms with E-state index in [9.17, 15) is 4.79 Å². The molecule has 3 nitrogen and oxygen atoms in total. The van der Waals surface area contributed by atoms with E-state index in [2.05, 4.69) is 10.3 Å². The number of amides is 1. The van der Waals surface area contributed by atoms with Crippen LogP contribution in [0.4, 0.5) is 0 Å². The summed E-state index contributed by atoms with van der Waals surface area (Å²) in [5.74, 6) is 0.998. The summed E-state index contributed by atoms with van der Waals surface area (Å²) in [4.78, 5) is 15.8. The Bertz CT molecular complexity index is 436. The smallest absolute Gasteiger partial charge is 0.253 e. The van der Waals surface area contributed by atoms with Crippen LogP contribution in [0.25, 0.3) is 0 Å². The van der Waals surface area contributed by atoms with Gasteiger partial charge in [-0.2, -0.15) is 11.8 Å². The minimum atomic E-state index is -0.185.